The molecule has 1 unspecified atom stereocenters. The minimum atomic E-state index is -0.779. The van der Waals surface area contributed by atoms with Crippen molar-refractivity contribution in [2.24, 2.45) is 0 Å². The normalized spacial score (nSPS) is 12.5. The van der Waals surface area contributed by atoms with Gasteiger partial charge in [-0.2, -0.15) is 0 Å². The molecule has 0 aromatic rings. The van der Waals surface area contributed by atoms with Gasteiger partial charge in [-0.05, 0) is 89.9 Å². The minimum absolute atomic E-state index is 0.0799. The maximum atomic E-state index is 12.8. The highest BCUT2D eigenvalue weighted by atomic mass is 16.6. The summed E-state index contributed by atoms with van der Waals surface area (Å²) in [6.07, 6.45) is 68.1. The third-order valence-electron chi connectivity index (χ3n) is 12.2. The van der Waals surface area contributed by atoms with Gasteiger partial charge in [0.2, 0.25) is 0 Å². The Balaban J connectivity index is 4.20. The Labute approximate surface area is 409 Å². The lowest BCUT2D eigenvalue weighted by atomic mass is 10.1. The van der Waals surface area contributed by atoms with Crippen LogP contribution < -0.4 is 0 Å². The van der Waals surface area contributed by atoms with Gasteiger partial charge in [-0.1, -0.05) is 236 Å². The van der Waals surface area contributed by atoms with Gasteiger partial charge in [0, 0.05) is 19.3 Å². The number of unbranched alkanes of at least 4 members (excludes halogenated alkanes) is 30. The van der Waals surface area contributed by atoms with Crippen LogP contribution in [0.3, 0.4) is 0 Å². The van der Waals surface area contributed by atoms with Gasteiger partial charge in [0.15, 0.2) is 6.10 Å². The summed E-state index contributed by atoms with van der Waals surface area (Å²) in [6.45, 7) is 6.56. The van der Waals surface area contributed by atoms with Crippen LogP contribution in [0.2, 0.25) is 0 Å². The molecule has 6 heteroatoms. The second kappa shape index (κ2) is 54.7. The Hall–Kier alpha value is -2.89. The maximum absolute atomic E-state index is 12.8. The quantitative estimate of drug-likeness (QED) is 0.0262. The van der Waals surface area contributed by atoms with Crippen molar-refractivity contribution < 1.29 is 28.6 Å². The van der Waals surface area contributed by atoms with Gasteiger partial charge in [-0.25, -0.2) is 0 Å². The van der Waals surface area contributed by atoms with Crippen LogP contribution in [0, 0.1) is 0 Å². The van der Waals surface area contributed by atoms with Gasteiger partial charge in [-0.3, -0.25) is 14.4 Å². The van der Waals surface area contributed by atoms with Crippen LogP contribution in [0.1, 0.15) is 284 Å². The first kappa shape index (κ1) is 63.1. The van der Waals surface area contributed by atoms with E-state index in [9.17, 15) is 14.4 Å². The van der Waals surface area contributed by atoms with Crippen LogP contribution in [0.5, 0.6) is 0 Å². The molecule has 0 aliphatic heterocycles. The zero-order valence-electron chi connectivity index (χ0n) is 43.7. The van der Waals surface area contributed by atoms with Crippen molar-refractivity contribution in [3.63, 3.8) is 0 Å². The SMILES string of the molecule is CCCCCCC/C=C\C/C=C\C/C=C\CCCCCCCCC(=O)OCC(COC(=O)CCCCCCCC)OC(=O)CCCCCCCCCCC/C=C\C/C=C\CCCCCCC. The summed E-state index contributed by atoms with van der Waals surface area (Å²) in [6, 6.07) is 0. The molecular formula is C60H106O6. The predicted molar refractivity (Wildman–Crippen MR) is 284 cm³/mol. The number of hydrogen-bond donors (Lipinski definition) is 0. The maximum Gasteiger partial charge on any atom is 0.306 e. The summed E-state index contributed by atoms with van der Waals surface area (Å²) in [5.74, 6) is -0.899. The third-order valence-corrected chi connectivity index (χ3v) is 12.2. The fourth-order valence-electron chi connectivity index (χ4n) is 7.95. The van der Waals surface area contributed by atoms with E-state index in [1.165, 1.54) is 161 Å². The molecule has 0 rings (SSSR count). The standard InChI is InChI=1S/C60H106O6/c1-4-7-10-13-16-18-20-22-24-26-28-30-32-34-36-38-40-42-44-47-50-53-59(62)65-56-57(55-64-58(61)52-49-46-15-12-9-6-3)66-60(63)54-51-48-45-43-41-39-37-35-33-31-29-27-25-23-21-19-17-14-11-8-5-2/h20-23,26-29,32,34,57H,4-19,24-25,30-31,33,35-56H2,1-3H3/b22-20-,23-21-,28-26-,29-27-,34-32-. The van der Waals surface area contributed by atoms with E-state index in [2.05, 4.69) is 81.5 Å². The van der Waals surface area contributed by atoms with E-state index in [1.807, 2.05) is 0 Å². The van der Waals surface area contributed by atoms with Gasteiger partial charge < -0.3 is 14.2 Å². The van der Waals surface area contributed by atoms with E-state index in [0.717, 1.165) is 83.5 Å². The lowest BCUT2D eigenvalue weighted by Crippen LogP contribution is -2.30. The topological polar surface area (TPSA) is 78.9 Å². The second-order valence-corrected chi connectivity index (χ2v) is 18.8. The van der Waals surface area contributed by atoms with Crippen molar-refractivity contribution in [1.82, 2.24) is 0 Å². The Kier molecular flexibility index (Phi) is 52.3. The fraction of sp³-hybridized carbons (Fsp3) is 0.783. The molecule has 0 aromatic heterocycles. The summed E-state index contributed by atoms with van der Waals surface area (Å²) in [4.78, 5) is 37.9. The number of allylic oxidation sites excluding steroid dienone is 10. The monoisotopic (exact) mass is 923 g/mol. The first-order chi connectivity index (χ1) is 32.5. The summed E-state index contributed by atoms with van der Waals surface area (Å²) < 4.78 is 16.7. The van der Waals surface area contributed by atoms with Gasteiger partial charge in [0.05, 0.1) is 0 Å². The average Bonchev–Trinajstić information content (AvgIpc) is 3.31. The molecule has 0 spiro atoms. The van der Waals surface area contributed by atoms with Crippen molar-refractivity contribution in [2.75, 3.05) is 13.2 Å². The highest BCUT2D eigenvalue weighted by molar-refractivity contribution is 5.71. The van der Waals surface area contributed by atoms with Crippen molar-refractivity contribution >= 4 is 17.9 Å². The molecule has 66 heavy (non-hydrogen) atoms. The number of hydrogen-bond acceptors (Lipinski definition) is 6. The molecule has 0 aliphatic carbocycles. The number of rotatable bonds is 51. The van der Waals surface area contributed by atoms with E-state index < -0.39 is 6.10 Å². The lowest BCUT2D eigenvalue weighted by molar-refractivity contribution is -0.167. The molecule has 0 saturated carbocycles. The molecule has 0 aromatic carbocycles. The molecule has 0 fully saturated rings. The molecule has 0 amide bonds. The van der Waals surface area contributed by atoms with E-state index in [1.54, 1.807) is 0 Å². The van der Waals surface area contributed by atoms with Crippen LogP contribution in [-0.4, -0.2) is 37.2 Å². The van der Waals surface area contributed by atoms with Crippen LogP contribution in [0.25, 0.3) is 0 Å². The van der Waals surface area contributed by atoms with Gasteiger partial charge in [-0.15, -0.1) is 0 Å². The van der Waals surface area contributed by atoms with Crippen LogP contribution >= 0.6 is 0 Å². The highest BCUT2D eigenvalue weighted by Gasteiger charge is 2.19. The van der Waals surface area contributed by atoms with E-state index >= 15 is 0 Å². The smallest absolute Gasteiger partial charge is 0.306 e. The summed E-state index contributed by atoms with van der Waals surface area (Å²) in [7, 11) is 0. The Morgan fingerprint density at radius 3 is 0.848 bits per heavy atom. The molecule has 1 atom stereocenters. The Morgan fingerprint density at radius 1 is 0.303 bits per heavy atom. The van der Waals surface area contributed by atoms with Crippen LogP contribution in [0.4, 0.5) is 0 Å². The first-order valence-electron chi connectivity index (χ1n) is 28.3. The molecule has 0 aliphatic rings. The molecule has 382 valence electrons. The molecule has 0 bridgehead atoms. The second-order valence-electron chi connectivity index (χ2n) is 18.8. The van der Waals surface area contributed by atoms with Crippen molar-refractivity contribution in [1.29, 1.82) is 0 Å². The van der Waals surface area contributed by atoms with Gasteiger partial charge >= 0.3 is 17.9 Å². The summed E-state index contributed by atoms with van der Waals surface area (Å²) >= 11 is 0. The van der Waals surface area contributed by atoms with E-state index in [4.69, 9.17) is 14.2 Å². The Morgan fingerprint density at radius 2 is 0.545 bits per heavy atom. The zero-order valence-corrected chi connectivity index (χ0v) is 43.7. The van der Waals surface area contributed by atoms with E-state index in [0.29, 0.717) is 19.3 Å². The molecule has 0 heterocycles. The molecule has 0 N–H and O–H groups in total. The largest absolute Gasteiger partial charge is 0.462 e. The minimum Gasteiger partial charge on any atom is -0.462 e. The average molecular weight is 924 g/mol. The van der Waals surface area contributed by atoms with Crippen LogP contribution in [0.15, 0.2) is 60.8 Å². The van der Waals surface area contributed by atoms with Gasteiger partial charge in [0.25, 0.3) is 0 Å². The number of carbonyl (C=O) groups excluding carboxylic acids is 3. The van der Waals surface area contributed by atoms with Crippen molar-refractivity contribution in [2.45, 2.75) is 290 Å². The van der Waals surface area contributed by atoms with Crippen molar-refractivity contribution in [3.05, 3.63) is 60.8 Å². The number of ether oxygens (including phenoxy) is 3. The van der Waals surface area contributed by atoms with Crippen molar-refractivity contribution in [3.8, 4) is 0 Å². The fourth-order valence-corrected chi connectivity index (χ4v) is 7.95. The summed E-state index contributed by atoms with van der Waals surface area (Å²) in [5.41, 5.74) is 0. The third kappa shape index (κ3) is 52.1. The lowest BCUT2D eigenvalue weighted by Gasteiger charge is -2.18. The van der Waals surface area contributed by atoms with Crippen LogP contribution in [-0.2, 0) is 28.6 Å². The molecule has 6 nitrogen and oxygen atoms in total. The number of esters is 3. The molecular weight excluding hydrogens is 817 g/mol. The van der Waals surface area contributed by atoms with E-state index in [-0.39, 0.29) is 31.1 Å². The molecule has 0 radical (unpaired) electrons. The Bertz CT molecular complexity index is 1200. The molecule has 0 saturated heterocycles. The highest BCUT2D eigenvalue weighted by Crippen LogP contribution is 2.15. The zero-order chi connectivity index (χ0) is 47.9. The number of carbonyl (C=O) groups is 3. The first-order valence-corrected chi connectivity index (χ1v) is 28.3. The van der Waals surface area contributed by atoms with Gasteiger partial charge in [0.1, 0.15) is 13.2 Å². The predicted octanol–water partition coefficient (Wildman–Crippen LogP) is 18.8. The summed E-state index contributed by atoms with van der Waals surface area (Å²) in [5, 5.41) is 0.